The van der Waals surface area contributed by atoms with Crippen molar-refractivity contribution in [3.8, 4) is 5.75 Å². The Morgan fingerprint density at radius 1 is 1.35 bits per heavy atom. The molecule has 0 aliphatic rings. The van der Waals surface area contributed by atoms with E-state index < -0.39 is 17.2 Å². The fourth-order valence-electron chi connectivity index (χ4n) is 2.13. The van der Waals surface area contributed by atoms with Gasteiger partial charge in [0.2, 0.25) is 5.82 Å². The summed E-state index contributed by atoms with van der Waals surface area (Å²) in [7, 11) is 0. The fourth-order valence-corrected chi connectivity index (χ4v) is 2.13. The second-order valence-corrected chi connectivity index (χ2v) is 5.52. The number of aliphatic hydroxyl groups is 1. The Kier molecular flexibility index (Phi) is 6.36. The summed E-state index contributed by atoms with van der Waals surface area (Å²) in [6, 6.07) is 4.12. The molecule has 0 radical (unpaired) electrons. The summed E-state index contributed by atoms with van der Waals surface area (Å²) in [4.78, 5) is 0. The molecule has 1 rings (SSSR count). The van der Waals surface area contributed by atoms with Crippen LogP contribution in [0.3, 0.4) is 0 Å². The molecular weight excluding hydrogens is 264 g/mol. The number of hydrogen-bond acceptors (Lipinski definition) is 3. The third-order valence-corrected chi connectivity index (χ3v) is 3.03. The quantitative estimate of drug-likeness (QED) is 0.722. The second kappa shape index (κ2) is 7.55. The zero-order chi connectivity index (χ0) is 15.2. The van der Waals surface area contributed by atoms with E-state index >= 15 is 0 Å². The monoisotopic (exact) mass is 287 g/mol. The maximum absolute atomic E-state index is 13.3. The van der Waals surface area contributed by atoms with E-state index in [2.05, 4.69) is 5.32 Å². The van der Waals surface area contributed by atoms with Crippen LogP contribution in [0.1, 0.15) is 33.6 Å². The Bertz CT molecular complexity index is 426. The van der Waals surface area contributed by atoms with Crippen LogP contribution in [0.4, 0.5) is 8.78 Å². The molecular formula is C15H23F2NO2. The molecule has 0 saturated heterocycles. The van der Waals surface area contributed by atoms with Gasteiger partial charge in [0.15, 0.2) is 11.6 Å². The highest BCUT2D eigenvalue weighted by Gasteiger charge is 2.23. The number of nitrogens with one attached hydrogen (secondary N) is 1. The second-order valence-electron chi connectivity index (χ2n) is 5.52. The average molecular weight is 287 g/mol. The lowest BCUT2D eigenvalue weighted by Gasteiger charge is -2.31. The lowest BCUT2D eigenvalue weighted by molar-refractivity contribution is 0.147. The van der Waals surface area contributed by atoms with Gasteiger partial charge in [0, 0.05) is 11.6 Å². The molecule has 0 fully saturated rings. The highest BCUT2D eigenvalue weighted by molar-refractivity contribution is 5.24. The third kappa shape index (κ3) is 5.06. The van der Waals surface area contributed by atoms with Gasteiger partial charge in [-0.2, -0.15) is 4.39 Å². The lowest BCUT2D eigenvalue weighted by Crippen LogP contribution is -2.49. The molecule has 0 saturated carbocycles. The van der Waals surface area contributed by atoms with E-state index in [-0.39, 0.29) is 25.0 Å². The van der Waals surface area contributed by atoms with Gasteiger partial charge in [-0.05, 0) is 31.9 Å². The molecule has 0 spiro atoms. The van der Waals surface area contributed by atoms with Crippen LogP contribution in [0.5, 0.6) is 5.75 Å². The Morgan fingerprint density at radius 3 is 2.65 bits per heavy atom. The molecule has 5 heteroatoms. The summed E-state index contributed by atoms with van der Waals surface area (Å²) in [5.74, 6) is -1.95. The maximum Gasteiger partial charge on any atom is 0.200 e. The molecule has 20 heavy (non-hydrogen) atoms. The number of benzene rings is 1. The summed E-state index contributed by atoms with van der Waals surface area (Å²) in [6.07, 6.45) is 1.31. The molecule has 1 aromatic carbocycles. The highest BCUT2D eigenvalue weighted by Crippen LogP contribution is 2.20. The molecule has 0 aliphatic heterocycles. The SMILES string of the molecule is CC(C)NC(C)(CO)CCCOc1cccc(F)c1F. The minimum atomic E-state index is -0.960. The van der Waals surface area contributed by atoms with Crippen molar-refractivity contribution in [2.75, 3.05) is 13.2 Å². The van der Waals surface area contributed by atoms with E-state index in [1.165, 1.54) is 12.1 Å². The molecule has 3 nitrogen and oxygen atoms in total. The molecule has 2 N–H and O–H groups in total. The Morgan fingerprint density at radius 2 is 2.05 bits per heavy atom. The number of hydrogen-bond donors (Lipinski definition) is 2. The van der Waals surface area contributed by atoms with Crippen molar-refractivity contribution >= 4 is 0 Å². The van der Waals surface area contributed by atoms with Crippen molar-refractivity contribution in [2.45, 2.75) is 45.2 Å². The molecule has 114 valence electrons. The van der Waals surface area contributed by atoms with Crippen LogP contribution in [-0.2, 0) is 0 Å². The molecule has 0 bridgehead atoms. The van der Waals surface area contributed by atoms with Crippen LogP contribution < -0.4 is 10.1 Å². The first-order valence-electron chi connectivity index (χ1n) is 6.83. The summed E-state index contributed by atoms with van der Waals surface area (Å²) in [6.45, 7) is 6.23. The molecule has 0 aromatic heterocycles. The van der Waals surface area contributed by atoms with Gasteiger partial charge < -0.3 is 15.2 Å². The lowest BCUT2D eigenvalue weighted by atomic mass is 9.96. The van der Waals surface area contributed by atoms with E-state index in [1.54, 1.807) is 0 Å². The minimum absolute atomic E-state index is 0.0134. The summed E-state index contributed by atoms with van der Waals surface area (Å²) in [5, 5.41) is 12.7. The van der Waals surface area contributed by atoms with E-state index in [0.717, 1.165) is 6.07 Å². The summed E-state index contributed by atoms with van der Waals surface area (Å²) in [5.41, 5.74) is -0.391. The van der Waals surface area contributed by atoms with Crippen LogP contribution in [-0.4, -0.2) is 29.9 Å². The Labute approximate surface area is 119 Å². The van der Waals surface area contributed by atoms with Gasteiger partial charge in [-0.25, -0.2) is 4.39 Å². The molecule has 1 atom stereocenters. The fraction of sp³-hybridized carbons (Fsp3) is 0.600. The maximum atomic E-state index is 13.3. The van der Waals surface area contributed by atoms with Crippen LogP contribution in [0.15, 0.2) is 18.2 Å². The molecule has 0 heterocycles. The van der Waals surface area contributed by atoms with Gasteiger partial charge in [-0.3, -0.25) is 0 Å². The normalized spacial score (nSPS) is 14.3. The van der Waals surface area contributed by atoms with Crippen molar-refractivity contribution in [2.24, 2.45) is 0 Å². The largest absolute Gasteiger partial charge is 0.490 e. The van der Waals surface area contributed by atoms with Gasteiger partial charge >= 0.3 is 0 Å². The average Bonchev–Trinajstić information content (AvgIpc) is 2.38. The zero-order valence-corrected chi connectivity index (χ0v) is 12.2. The predicted molar refractivity (Wildman–Crippen MR) is 74.8 cm³/mol. The predicted octanol–water partition coefficient (Wildman–Crippen LogP) is 2.87. The van der Waals surface area contributed by atoms with Crippen LogP contribution in [0, 0.1) is 11.6 Å². The first-order chi connectivity index (χ1) is 9.38. The smallest absolute Gasteiger partial charge is 0.200 e. The van der Waals surface area contributed by atoms with Gasteiger partial charge in [-0.15, -0.1) is 0 Å². The van der Waals surface area contributed by atoms with Gasteiger partial charge in [0.1, 0.15) is 0 Å². The summed E-state index contributed by atoms with van der Waals surface area (Å²) < 4.78 is 31.6. The third-order valence-electron chi connectivity index (χ3n) is 3.03. The Hall–Kier alpha value is -1.20. The number of aliphatic hydroxyl groups excluding tert-OH is 1. The van der Waals surface area contributed by atoms with Crippen molar-refractivity contribution in [3.05, 3.63) is 29.8 Å². The molecule has 0 amide bonds. The summed E-state index contributed by atoms with van der Waals surface area (Å²) >= 11 is 0. The molecule has 1 aromatic rings. The van der Waals surface area contributed by atoms with Crippen LogP contribution in [0.2, 0.25) is 0 Å². The Balaban J connectivity index is 2.42. The zero-order valence-electron chi connectivity index (χ0n) is 12.2. The van der Waals surface area contributed by atoms with Gasteiger partial charge in [-0.1, -0.05) is 19.9 Å². The van der Waals surface area contributed by atoms with E-state index in [0.29, 0.717) is 12.8 Å². The topological polar surface area (TPSA) is 41.5 Å². The number of halogens is 2. The van der Waals surface area contributed by atoms with Crippen molar-refractivity contribution in [3.63, 3.8) is 0 Å². The van der Waals surface area contributed by atoms with Crippen molar-refractivity contribution < 1.29 is 18.6 Å². The van der Waals surface area contributed by atoms with E-state index in [4.69, 9.17) is 4.74 Å². The molecule has 1 unspecified atom stereocenters. The first kappa shape index (κ1) is 16.9. The highest BCUT2D eigenvalue weighted by atomic mass is 19.2. The van der Waals surface area contributed by atoms with E-state index in [1.807, 2.05) is 20.8 Å². The van der Waals surface area contributed by atoms with Crippen LogP contribution in [0.25, 0.3) is 0 Å². The standard InChI is InChI=1S/C15H23F2NO2/c1-11(2)18-15(3,10-19)8-5-9-20-13-7-4-6-12(16)14(13)17/h4,6-7,11,18-19H,5,8-10H2,1-3H3. The van der Waals surface area contributed by atoms with Gasteiger partial charge in [0.05, 0.1) is 13.2 Å². The van der Waals surface area contributed by atoms with Crippen molar-refractivity contribution in [1.82, 2.24) is 5.32 Å². The number of ether oxygens (including phenoxy) is 1. The minimum Gasteiger partial charge on any atom is -0.490 e. The first-order valence-corrected chi connectivity index (χ1v) is 6.83. The molecule has 0 aliphatic carbocycles. The van der Waals surface area contributed by atoms with Crippen molar-refractivity contribution in [1.29, 1.82) is 0 Å². The van der Waals surface area contributed by atoms with Crippen LogP contribution >= 0.6 is 0 Å². The van der Waals surface area contributed by atoms with E-state index in [9.17, 15) is 13.9 Å². The number of rotatable bonds is 8. The van der Waals surface area contributed by atoms with Gasteiger partial charge in [0.25, 0.3) is 0 Å².